The molecular weight excluding hydrogens is 224 g/mol. The van der Waals surface area contributed by atoms with Crippen LogP contribution in [0.4, 0.5) is 0 Å². The van der Waals surface area contributed by atoms with Gasteiger partial charge in [0.1, 0.15) is 0 Å². The summed E-state index contributed by atoms with van der Waals surface area (Å²) in [5, 5.41) is 4.08. The predicted octanol–water partition coefficient (Wildman–Crippen LogP) is 2.81. The van der Waals surface area contributed by atoms with Crippen molar-refractivity contribution in [2.75, 3.05) is 19.8 Å². The molecule has 0 amide bonds. The smallest absolute Gasteiger partial charge is 0.0782 e. The zero-order valence-electron chi connectivity index (χ0n) is 9.87. The first-order chi connectivity index (χ1) is 7.79. The van der Waals surface area contributed by atoms with Crippen LogP contribution in [0.15, 0.2) is 18.3 Å². The number of halogens is 1. The highest BCUT2D eigenvalue weighted by Gasteiger charge is 2.14. The lowest BCUT2D eigenvalue weighted by atomic mass is 10.2. The molecule has 1 heterocycles. The Labute approximate surface area is 102 Å². The Bertz CT molecular complexity index is 299. The van der Waals surface area contributed by atoms with Gasteiger partial charge in [-0.1, -0.05) is 18.5 Å². The van der Waals surface area contributed by atoms with Gasteiger partial charge in [-0.25, -0.2) is 0 Å². The summed E-state index contributed by atoms with van der Waals surface area (Å²) in [5.41, 5.74) is 0.867. The molecule has 0 aliphatic rings. The topological polar surface area (TPSA) is 34.1 Å². The van der Waals surface area contributed by atoms with Crippen LogP contribution in [0, 0.1) is 0 Å². The van der Waals surface area contributed by atoms with Crippen LogP contribution in [-0.2, 0) is 4.74 Å². The second-order valence-electron chi connectivity index (χ2n) is 3.54. The van der Waals surface area contributed by atoms with Gasteiger partial charge in [0.25, 0.3) is 0 Å². The average Bonchev–Trinajstić information content (AvgIpc) is 2.31. The largest absolute Gasteiger partial charge is 0.380 e. The van der Waals surface area contributed by atoms with E-state index in [1.807, 2.05) is 19.1 Å². The summed E-state index contributed by atoms with van der Waals surface area (Å²) in [4.78, 5) is 4.31. The molecule has 90 valence electrons. The fraction of sp³-hybridized carbons (Fsp3) is 0.583. The number of aromatic nitrogens is 1. The van der Waals surface area contributed by atoms with Crippen molar-refractivity contribution >= 4 is 11.6 Å². The number of pyridine rings is 1. The molecule has 0 fully saturated rings. The van der Waals surface area contributed by atoms with Crippen molar-refractivity contribution < 1.29 is 4.74 Å². The molecule has 0 saturated carbocycles. The van der Waals surface area contributed by atoms with E-state index in [0.717, 1.165) is 18.7 Å². The fourth-order valence-electron chi connectivity index (χ4n) is 1.44. The molecule has 1 rings (SSSR count). The molecule has 16 heavy (non-hydrogen) atoms. The van der Waals surface area contributed by atoms with Crippen molar-refractivity contribution in [1.29, 1.82) is 0 Å². The summed E-state index contributed by atoms with van der Waals surface area (Å²) in [6.45, 7) is 6.36. The van der Waals surface area contributed by atoms with Crippen molar-refractivity contribution in [3.05, 3.63) is 29.0 Å². The van der Waals surface area contributed by atoms with E-state index < -0.39 is 0 Å². The molecule has 0 aliphatic carbocycles. The normalized spacial score (nSPS) is 12.7. The van der Waals surface area contributed by atoms with Gasteiger partial charge in [0.2, 0.25) is 0 Å². The Hall–Kier alpha value is -0.640. The minimum Gasteiger partial charge on any atom is -0.380 e. The third-order valence-electron chi connectivity index (χ3n) is 2.25. The molecule has 0 aromatic carbocycles. The number of hydrogen-bond acceptors (Lipinski definition) is 3. The van der Waals surface area contributed by atoms with Crippen molar-refractivity contribution in [3.63, 3.8) is 0 Å². The molecule has 3 nitrogen and oxygen atoms in total. The van der Waals surface area contributed by atoms with E-state index in [2.05, 4.69) is 17.2 Å². The molecule has 0 radical (unpaired) electrons. The lowest BCUT2D eigenvalue weighted by molar-refractivity contribution is 0.122. The first kappa shape index (κ1) is 13.4. The number of rotatable bonds is 7. The SMILES string of the molecule is CCCNC(COCC)c1ncccc1Cl. The predicted molar refractivity (Wildman–Crippen MR) is 66.8 cm³/mol. The standard InChI is InChI=1S/C12H19ClN2O/c1-3-7-14-11(9-16-4-2)12-10(13)6-5-8-15-12/h5-6,8,11,14H,3-4,7,9H2,1-2H3. The monoisotopic (exact) mass is 242 g/mol. The van der Waals surface area contributed by atoms with Crippen LogP contribution in [0.1, 0.15) is 32.0 Å². The molecule has 0 saturated heterocycles. The maximum atomic E-state index is 6.12. The Morgan fingerprint density at radius 2 is 2.31 bits per heavy atom. The Morgan fingerprint density at radius 3 is 2.94 bits per heavy atom. The van der Waals surface area contributed by atoms with E-state index in [0.29, 0.717) is 18.2 Å². The lowest BCUT2D eigenvalue weighted by Crippen LogP contribution is -2.27. The summed E-state index contributed by atoms with van der Waals surface area (Å²) in [6.07, 6.45) is 2.83. The first-order valence-corrected chi connectivity index (χ1v) is 6.08. The van der Waals surface area contributed by atoms with Gasteiger partial charge in [-0.2, -0.15) is 0 Å². The summed E-state index contributed by atoms with van der Waals surface area (Å²) in [5.74, 6) is 0. The average molecular weight is 243 g/mol. The summed E-state index contributed by atoms with van der Waals surface area (Å²) in [6, 6.07) is 3.77. The second-order valence-corrected chi connectivity index (χ2v) is 3.94. The van der Waals surface area contributed by atoms with Crippen molar-refractivity contribution in [2.45, 2.75) is 26.3 Å². The molecule has 0 spiro atoms. The molecule has 1 atom stereocenters. The van der Waals surface area contributed by atoms with Crippen molar-refractivity contribution in [3.8, 4) is 0 Å². The van der Waals surface area contributed by atoms with Crippen LogP contribution in [0.3, 0.4) is 0 Å². The quantitative estimate of drug-likeness (QED) is 0.799. The molecule has 1 aromatic heterocycles. The van der Waals surface area contributed by atoms with Gasteiger partial charge in [-0.05, 0) is 32.0 Å². The first-order valence-electron chi connectivity index (χ1n) is 5.71. The highest BCUT2D eigenvalue weighted by Crippen LogP contribution is 2.20. The van der Waals surface area contributed by atoms with Crippen LogP contribution >= 0.6 is 11.6 Å². The van der Waals surface area contributed by atoms with Crippen molar-refractivity contribution in [2.24, 2.45) is 0 Å². The van der Waals surface area contributed by atoms with E-state index >= 15 is 0 Å². The number of ether oxygens (including phenoxy) is 1. The summed E-state index contributed by atoms with van der Waals surface area (Å²) >= 11 is 6.12. The van der Waals surface area contributed by atoms with Gasteiger partial charge in [0, 0.05) is 12.8 Å². The molecule has 4 heteroatoms. The zero-order chi connectivity index (χ0) is 11.8. The minimum atomic E-state index is 0.0774. The number of hydrogen-bond donors (Lipinski definition) is 1. The van der Waals surface area contributed by atoms with Crippen LogP contribution in [0.25, 0.3) is 0 Å². The highest BCUT2D eigenvalue weighted by atomic mass is 35.5. The second kappa shape index (κ2) is 7.60. The van der Waals surface area contributed by atoms with Crippen LogP contribution in [-0.4, -0.2) is 24.7 Å². The summed E-state index contributed by atoms with van der Waals surface area (Å²) < 4.78 is 5.44. The van der Waals surface area contributed by atoms with E-state index in [9.17, 15) is 0 Å². The Balaban J connectivity index is 2.70. The molecule has 1 unspecified atom stereocenters. The molecule has 0 aliphatic heterocycles. The zero-order valence-corrected chi connectivity index (χ0v) is 10.6. The van der Waals surface area contributed by atoms with E-state index in [1.54, 1.807) is 6.20 Å². The van der Waals surface area contributed by atoms with Gasteiger partial charge in [-0.15, -0.1) is 0 Å². The van der Waals surface area contributed by atoms with Gasteiger partial charge in [0.15, 0.2) is 0 Å². The molecule has 1 N–H and O–H groups in total. The van der Waals surface area contributed by atoms with Gasteiger partial charge in [0.05, 0.1) is 23.4 Å². The van der Waals surface area contributed by atoms with Crippen LogP contribution in [0.5, 0.6) is 0 Å². The molecule has 1 aromatic rings. The highest BCUT2D eigenvalue weighted by molar-refractivity contribution is 6.31. The van der Waals surface area contributed by atoms with Gasteiger partial charge in [-0.3, -0.25) is 4.98 Å². The van der Waals surface area contributed by atoms with E-state index in [4.69, 9.17) is 16.3 Å². The van der Waals surface area contributed by atoms with Gasteiger partial charge < -0.3 is 10.1 Å². The van der Waals surface area contributed by atoms with Crippen LogP contribution in [0.2, 0.25) is 5.02 Å². The van der Waals surface area contributed by atoms with E-state index in [1.165, 1.54) is 0 Å². The summed E-state index contributed by atoms with van der Waals surface area (Å²) in [7, 11) is 0. The lowest BCUT2D eigenvalue weighted by Gasteiger charge is -2.18. The number of nitrogens with one attached hydrogen (secondary N) is 1. The van der Waals surface area contributed by atoms with Crippen molar-refractivity contribution in [1.82, 2.24) is 10.3 Å². The Kier molecular flexibility index (Phi) is 6.38. The Morgan fingerprint density at radius 1 is 1.50 bits per heavy atom. The minimum absolute atomic E-state index is 0.0774. The van der Waals surface area contributed by atoms with Gasteiger partial charge >= 0.3 is 0 Å². The maximum Gasteiger partial charge on any atom is 0.0782 e. The van der Waals surface area contributed by atoms with E-state index in [-0.39, 0.29) is 6.04 Å². The maximum absolute atomic E-state index is 6.12. The molecular formula is C12H19ClN2O. The number of nitrogens with zero attached hydrogens (tertiary/aromatic N) is 1. The fourth-order valence-corrected chi connectivity index (χ4v) is 1.70. The molecule has 0 bridgehead atoms. The third kappa shape index (κ3) is 4.08. The van der Waals surface area contributed by atoms with Crippen LogP contribution < -0.4 is 5.32 Å². The third-order valence-corrected chi connectivity index (χ3v) is 2.57.